The van der Waals surface area contributed by atoms with Crippen LogP contribution >= 0.6 is 0 Å². The van der Waals surface area contributed by atoms with E-state index < -0.39 is 17.9 Å². The summed E-state index contributed by atoms with van der Waals surface area (Å²) in [5.41, 5.74) is 0. The Labute approximate surface area is 111 Å². The van der Waals surface area contributed by atoms with Gasteiger partial charge in [-0.1, -0.05) is 13.3 Å². The molecule has 1 amide bonds. The summed E-state index contributed by atoms with van der Waals surface area (Å²) < 4.78 is 0. The molecule has 2 rings (SSSR count). The Bertz CT molecular complexity index is 485. The summed E-state index contributed by atoms with van der Waals surface area (Å²) in [6.07, 6.45) is 2.27. The summed E-state index contributed by atoms with van der Waals surface area (Å²) >= 11 is 0. The van der Waals surface area contributed by atoms with Gasteiger partial charge >= 0.3 is 5.97 Å². The minimum atomic E-state index is -0.959. The molecule has 1 saturated heterocycles. The number of amides is 1. The van der Waals surface area contributed by atoms with Gasteiger partial charge in [-0.2, -0.15) is 0 Å². The van der Waals surface area contributed by atoms with E-state index in [1.165, 1.54) is 4.90 Å². The molecule has 2 N–H and O–H groups in total. The Morgan fingerprint density at radius 1 is 1.53 bits per heavy atom. The summed E-state index contributed by atoms with van der Waals surface area (Å²) in [5, 5.41) is 15.7. The molecule has 0 radical (unpaired) electrons. The van der Waals surface area contributed by atoms with Crippen LogP contribution in [0.5, 0.6) is 0 Å². The van der Waals surface area contributed by atoms with Gasteiger partial charge in [-0.05, 0) is 25.7 Å². The topological polar surface area (TPSA) is 99.2 Å². The number of carbonyl (C=O) groups is 2. The fraction of sp³-hybridized carbons (Fsp3) is 0.667. The fourth-order valence-corrected chi connectivity index (χ4v) is 2.45. The first-order chi connectivity index (χ1) is 9.02. The number of H-pyrrole nitrogens is 1. The van der Waals surface area contributed by atoms with Crippen LogP contribution in [0.2, 0.25) is 0 Å². The molecule has 0 saturated carbocycles. The van der Waals surface area contributed by atoms with Gasteiger partial charge in [0.05, 0.1) is 0 Å². The molecule has 2 unspecified atom stereocenters. The summed E-state index contributed by atoms with van der Waals surface area (Å²) in [6.45, 7) is 4.18. The molecule has 1 fully saturated rings. The number of aliphatic carboxylic acids is 1. The lowest BCUT2D eigenvalue weighted by Gasteiger charge is -2.36. The second-order valence-corrected chi connectivity index (χ2v) is 4.90. The minimum absolute atomic E-state index is 0.0405. The Morgan fingerprint density at radius 2 is 2.26 bits per heavy atom. The molecule has 1 aliphatic heterocycles. The van der Waals surface area contributed by atoms with Crippen molar-refractivity contribution < 1.29 is 14.7 Å². The maximum atomic E-state index is 12.2. The van der Waals surface area contributed by atoms with Gasteiger partial charge in [-0.15, -0.1) is 5.10 Å². The number of aryl methyl sites for hydroxylation is 1. The molecule has 1 aliphatic rings. The Morgan fingerprint density at radius 3 is 2.79 bits per heavy atom. The van der Waals surface area contributed by atoms with E-state index in [0.29, 0.717) is 24.7 Å². The molecule has 19 heavy (non-hydrogen) atoms. The zero-order valence-corrected chi connectivity index (χ0v) is 11.1. The number of hydrogen-bond donors (Lipinski definition) is 2. The van der Waals surface area contributed by atoms with Gasteiger partial charge in [0.15, 0.2) is 0 Å². The maximum absolute atomic E-state index is 12.2. The van der Waals surface area contributed by atoms with Crippen LogP contribution < -0.4 is 0 Å². The quantitative estimate of drug-likeness (QED) is 0.844. The van der Waals surface area contributed by atoms with E-state index in [-0.39, 0.29) is 5.82 Å². The number of carboxylic acids is 1. The van der Waals surface area contributed by atoms with Gasteiger partial charge in [0.1, 0.15) is 11.9 Å². The van der Waals surface area contributed by atoms with Crippen molar-refractivity contribution in [2.24, 2.45) is 5.92 Å². The zero-order valence-electron chi connectivity index (χ0n) is 11.1. The minimum Gasteiger partial charge on any atom is -0.480 e. The number of aromatic amines is 1. The second-order valence-electron chi connectivity index (χ2n) is 4.90. The Balaban J connectivity index is 2.17. The van der Waals surface area contributed by atoms with Crippen LogP contribution in [0.25, 0.3) is 0 Å². The highest BCUT2D eigenvalue weighted by Crippen LogP contribution is 2.26. The van der Waals surface area contributed by atoms with E-state index >= 15 is 0 Å². The lowest BCUT2D eigenvalue weighted by molar-refractivity contribution is -0.144. The van der Waals surface area contributed by atoms with Crippen molar-refractivity contribution in [2.45, 2.75) is 39.2 Å². The van der Waals surface area contributed by atoms with Crippen molar-refractivity contribution in [2.75, 3.05) is 6.54 Å². The predicted molar refractivity (Wildman–Crippen MR) is 66.6 cm³/mol. The molecular formula is C12H18N4O3. The molecule has 7 nitrogen and oxygen atoms in total. The molecule has 7 heteroatoms. The van der Waals surface area contributed by atoms with Crippen LogP contribution in [-0.2, 0) is 4.79 Å². The van der Waals surface area contributed by atoms with E-state index in [9.17, 15) is 14.7 Å². The van der Waals surface area contributed by atoms with Crippen LogP contribution in [-0.4, -0.2) is 49.7 Å². The van der Waals surface area contributed by atoms with Crippen LogP contribution in [0.15, 0.2) is 0 Å². The molecular weight excluding hydrogens is 248 g/mol. The second kappa shape index (κ2) is 5.38. The van der Waals surface area contributed by atoms with Crippen molar-refractivity contribution in [3.63, 3.8) is 0 Å². The van der Waals surface area contributed by atoms with Crippen LogP contribution in [0.4, 0.5) is 0 Å². The van der Waals surface area contributed by atoms with Crippen molar-refractivity contribution >= 4 is 11.9 Å². The van der Waals surface area contributed by atoms with Gasteiger partial charge < -0.3 is 10.0 Å². The van der Waals surface area contributed by atoms with E-state index in [1.54, 1.807) is 6.92 Å². The SMILES string of the molecule is CCC1CCN(C(=O)c2n[nH]c(C)n2)C(C(=O)O)C1. The normalized spacial score (nSPS) is 23.4. The van der Waals surface area contributed by atoms with Gasteiger partial charge in [-0.3, -0.25) is 9.89 Å². The van der Waals surface area contributed by atoms with Crippen LogP contribution in [0, 0.1) is 12.8 Å². The lowest BCUT2D eigenvalue weighted by Crippen LogP contribution is -2.50. The largest absolute Gasteiger partial charge is 0.480 e. The monoisotopic (exact) mass is 266 g/mol. The van der Waals surface area contributed by atoms with Gasteiger partial charge in [0.25, 0.3) is 5.91 Å². The summed E-state index contributed by atoms with van der Waals surface area (Å²) in [4.78, 5) is 28.9. The highest BCUT2D eigenvalue weighted by molar-refractivity contribution is 5.93. The zero-order chi connectivity index (χ0) is 14.0. The molecule has 0 spiro atoms. The fourth-order valence-electron chi connectivity index (χ4n) is 2.45. The summed E-state index contributed by atoms with van der Waals surface area (Å²) in [6, 6.07) is -0.773. The van der Waals surface area contributed by atoms with Gasteiger partial charge in [0, 0.05) is 6.54 Å². The van der Waals surface area contributed by atoms with Crippen molar-refractivity contribution in [3.8, 4) is 0 Å². The first-order valence-corrected chi connectivity index (χ1v) is 6.45. The van der Waals surface area contributed by atoms with Crippen molar-refractivity contribution in [1.82, 2.24) is 20.1 Å². The van der Waals surface area contributed by atoms with Crippen molar-refractivity contribution in [3.05, 3.63) is 11.6 Å². The average molecular weight is 266 g/mol. The first-order valence-electron chi connectivity index (χ1n) is 6.45. The van der Waals surface area contributed by atoms with E-state index in [1.807, 2.05) is 6.92 Å². The highest BCUT2D eigenvalue weighted by Gasteiger charge is 2.37. The molecule has 2 heterocycles. The number of carbonyl (C=O) groups excluding carboxylic acids is 1. The Kier molecular flexibility index (Phi) is 3.82. The molecule has 1 aromatic heterocycles. The molecule has 0 aromatic carbocycles. The predicted octanol–water partition coefficient (Wildman–Crippen LogP) is 0.829. The van der Waals surface area contributed by atoms with Gasteiger partial charge in [-0.25, -0.2) is 9.78 Å². The first kappa shape index (κ1) is 13.5. The Hall–Kier alpha value is -1.92. The third kappa shape index (κ3) is 2.74. The molecule has 0 aliphatic carbocycles. The third-order valence-corrected chi connectivity index (χ3v) is 3.62. The standard InChI is InChI=1S/C12H18N4O3/c1-3-8-4-5-16(9(6-8)12(18)19)11(17)10-13-7(2)14-15-10/h8-9H,3-6H2,1-2H3,(H,18,19)(H,13,14,15). The van der Waals surface area contributed by atoms with E-state index in [2.05, 4.69) is 15.2 Å². The summed E-state index contributed by atoms with van der Waals surface area (Å²) in [7, 11) is 0. The third-order valence-electron chi connectivity index (χ3n) is 3.62. The number of rotatable bonds is 3. The van der Waals surface area contributed by atoms with Crippen LogP contribution in [0.3, 0.4) is 0 Å². The maximum Gasteiger partial charge on any atom is 0.326 e. The van der Waals surface area contributed by atoms with Crippen molar-refractivity contribution in [1.29, 1.82) is 0 Å². The number of piperidine rings is 1. The van der Waals surface area contributed by atoms with Gasteiger partial charge in [0.2, 0.25) is 5.82 Å². The van der Waals surface area contributed by atoms with E-state index in [0.717, 1.165) is 12.8 Å². The summed E-state index contributed by atoms with van der Waals surface area (Å²) in [5.74, 6) is -0.429. The van der Waals surface area contributed by atoms with Crippen LogP contribution in [0.1, 0.15) is 42.6 Å². The number of likely N-dealkylation sites (tertiary alicyclic amines) is 1. The highest BCUT2D eigenvalue weighted by atomic mass is 16.4. The lowest BCUT2D eigenvalue weighted by atomic mass is 9.89. The smallest absolute Gasteiger partial charge is 0.326 e. The number of carboxylic acid groups (broad SMARTS) is 1. The molecule has 104 valence electrons. The molecule has 0 bridgehead atoms. The number of aromatic nitrogens is 3. The average Bonchev–Trinajstić information content (AvgIpc) is 2.83. The number of hydrogen-bond acceptors (Lipinski definition) is 4. The molecule has 2 atom stereocenters. The number of nitrogens with zero attached hydrogens (tertiary/aromatic N) is 3. The number of nitrogens with one attached hydrogen (secondary N) is 1. The molecule has 1 aromatic rings. The van der Waals surface area contributed by atoms with E-state index in [4.69, 9.17) is 0 Å².